The minimum atomic E-state index is -2.44. The van der Waals surface area contributed by atoms with E-state index in [1.54, 1.807) is 0 Å². The molecule has 0 aliphatic carbocycles. The van der Waals surface area contributed by atoms with E-state index in [4.69, 9.17) is 71.1 Å². The SMILES string of the molecule is CC(=O)N[C@H]1[C@H](O[C@@H]2[C@@H](OC[C@H]3O[C@@H](O[C@H]4[C@H](O)[C@@H](O)[C@H](O)O[C@@H]4CO)[C@@H](O)[C@@H](O[C@H]4O[C@H](CO)[C@@H](O)[C@H](O)[C@@H]4O[C@@H]4O[C@H](CO)[C@@H](O[C@@H]5O[C@H](CO)[C@H](O)[C@H](O)[C@H]5O)[C@H](O)[C@H]4NC(C)=O)[C@@H]3O)O[C@H](CO)[C@@H](O)[C@@H]2O)O[C@H](CO)[C@@H](O[C@@H]2O[C@H](CO)[C@H](O)[C@H](O)[C@H]2O)[C@@H]1O. The molecule has 43 heteroatoms. The zero-order chi connectivity index (χ0) is 69.9. The minimum absolute atomic E-state index is 0.896. The molecule has 40 atom stereocenters. The van der Waals surface area contributed by atoms with Crippen molar-refractivity contribution >= 4 is 11.8 Å². The van der Waals surface area contributed by atoms with Crippen LogP contribution in [0.15, 0.2) is 0 Å². The monoisotopic (exact) mass is 1400 g/mol. The van der Waals surface area contributed by atoms with Crippen LogP contribution in [0.3, 0.4) is 0 Å². The number of aliphatic hydroxyl groups is 24. The Balaban J connectivity index is 1.08. The predicted octanol–water partition coefficient (Wildman–Crippen LogP) is -18.2. The van der Waals surface area contributed by atoms with E-state index in [-0.39, 0.29) is 0 Å². The molecule has 0 spiro atoms. The first-order chi connectivity index (χ1) is 45.0. The Hall–Kier alpha value is -2.62. The fourth-order valence-electron chi connectivity index (χ4n) is 12.2. The molecule has 43 nitrogen and oxygen atoms in total. The molecule has 8 aliphatic rings. The van der Waals surface area contributed by atoms with Crippen molar-refractivity contribution in [3.05, 3.63) is 0 Å². The quantitative estimate of drug-likeness (QED) is 0.0427. The largest absolute Gasteiger partial charge is 0.394 e. The van der Waals surface area contributed by atoms with Crippen LogP contribution < -0.4 is 10.6 Å². The number of hydrogen-bond acceptors (Lipinski definition) is 41. The Labute approximate surface area is 536 Å². The van der Waals surface area contributed by atoms with Crippen molar-refractivity contribution in [3.8, 4) is 0 Å². The lowest BCUT2D eigenvalue weighted by molar-refractivity contribution is -0.399. The zero-order valence-corrected chi connectivity index (χ0v) is 50.4. The summed E-state index contributed by atoms with van der Waals surface area (Å²) in [6, 6.07) is -3.73. The summed E-state index contributed by atoms with van der Waals surface area (Å²) in [4.78, 5) is 25.5. The highest BCUT2D eigenvalue weighted by Crippen LogP contribution is 2.39. The van der Waals surface area contributed by atoms with E-state index in [0.29, 0.717) is 0 Å². The number of amides is 2. The van der Waals surface area contributed by atoms with Gasteiger partial charge in [-0.2, -0.15) is 0 Å². The summed E-state index contributed by atoms with van der Waals surface area (Å²) in [5.74, 6) is -1.82. The number of aliphatic hydroxyl groups excluding tert-OH is 24. The molecular formula is C52H88N2O41. The van der Waals surface area contributed by atoms with Crippen molar-refractivity contribution in [3.63, 3.8) is 0 Å². The van der Waals surface area contributed by atoms with E-state index < -0.39 is 310 Å². The topological polar surface area (TPSA) is 682 Å². The van der Waals surface area contributed by atoms with Gasteiger partial charge >= 0.3 is 0 Å². The third kappa shape index (κ3) is 16.8. The lowest BCUT2D eigenvalue weighted by Crippen LogP contribution is -2.70. The summed E-state index contributed by atoms with van der Waals surface area (Å²) in [5, 5.41) is 265. The van der Waals surface area contributed by atoms with Crippen molar-refractivity contribution < 1.29 is 203 Å². The summed E-state index contributed by atoms with van der Waals surface area (Å²) in [5.41, 5.74) is 0. The van der Waals surface area contributed by atoms with Gasteiger partial charge in [-0.15, -0.1) is 0 Å². The highest BCUT2D eigenvalue weighted by atomic mass is 16.8. The molecule has 2 amide bonds. The predicted molar refractivity (Wildman–Crippen MR) is 288 cm³/mol. The van der Waals surface area contributed by atoms with Crippen molar-refractivity contribution in [2.24, 2.45) is 0 Å². The fourth-order valence-corrected chi connectivity index (χ4v) is 12.2. The van der Waals surface area contributed by atoms with Crippen LogP contribution in [-0.4, -0.2) is 433 Å². The standard InChI is InChI=1S/C52H88N2O41/c1-11(62)53-21-28(69)39(90-48-36(77)30(71)23(64)13(3-55)83-48)18(8-60)87-46(21)94-43-32(73)25(66)15(5-57)85-51(43)81-10-20-27(68)42(38(79)50(89-20)92-41-17(7-59)82-45(80)35(76)34(41)75)93-52-44(33(74)26(67)16(6-58)86-52)95-47-22(54-12(2)63)29(70)40(19(9-61)88-47)91-49-37(78)31(72)24(65)14(4-56)84-49/h13-52,55-61,64-80H,3-10H2,1-2H3,(H,53,62)(H,54,63)/t13-,14-,15-,16-,17-,18-,19-,20-,21-,22-,23+,24+,25-,26-,27-,28-,29-,30+,31+,32+,33+,34-,35-,36-,37-,38+,39-,40-,41-,42+,43+,44+,45-,46+,47+,48+,49+,50+,51+,52-/m1/s1. The van der Waals surface area contributed by atoms with Gasteiger partial charge in [-0.25, -0.2) is 0 Å². The van der Waals surface area contributed by atoms with Crippen LogP contribution in [0.5, 0.6) is 0 Å². The summed E-state index contributed by atoms with van der Waals surface area (Å²) >= 11 is 0. The van der Waals surface area contributed by atoms with Crippen molar-refractivity contribution in [1.82, 2.24) is 10.6 Å². The molecule has 8 aliphatic heterocycles. The Bertz CT molecular complexity index is 2380. The lowest BCUT2D eigenvalue weighted by atomic mass is 9.94. The third-order valence-electron chi connectivity index (χ3n) is 17.4. The molecule has 552 valence electrons. The maximum absolute atomic E-state index is 12.8. The van der Waals surface area contributed by atoms with E-state index in [1.807, 2.05) is 0 Å². The smallest absolute Gasteiger partial charge is 0.217 e. The maximum atomic E-state index is 12.8. The van der Waals surface area contributed by atoms with Gasteiger partial charge < -0.3 is 204 Å². The average Bonchev–Trinajstić information content (AvgIpc) is 0.777. The summed E-state index contributed by atoms with van der Waals surface area (Å²) in [7, 11) is 0. The van der Waals surface area contributed by atoms with Gasteiger partial charge in [-0.3, -0.25) is 9.59 Å². The van der Waals surface area contributed by atoms with Crippen molar-refractivity contribution in [2.45, 2.75) is 259 Å². The van der Waals surface area contributed by atoms with Gasteiger partial charge in [-0.05, 0) is 0 Å². The second kappa shape index (κ2) is 33.9. The van der Waals surface area contributed by atoms with Crippen LogP contribution in [0.4, 0.5) is 0 Å². The molecule has 0 aromatic rings. The normalized spacial score (nSPS) is 50.8. The number of carbonyl (C=O) groups excluding carboxylic acids is 2. The Kier molecular flexibility index (Phi) is 27.9. The Morgan fingerprint density at radius 1 is 0.274 bits per heavy atom. The van der Waals surface area contributed by atoms with E-state index >= 15 is 0 Å². The third-order valence-corrected chi connectivity index (χ3v) is 17.4. The fraction of sp³-hybridized carbons (Fsp3) is 0.962. The molecule has 0 aromatic carbocycles. The first kappa shape index (κ1) is 78.1. The van der Waals surface area contributed by atoms with Crippen LogP contribution in [0.25, 0.3) is 0 Å². The molecular weight excluding hydrogens is 1310 g/mol. The van der Waals surface area contributed by atoms with Crippen LogP contribution in [-0.2, 0) is 80.6 Å². The molecule has 0 aromatic heterocycles. The molecule has 8 rings (SSSR count). The number of ether oxygens (including phenoxy) is 15. The van der Waals surface area contributed by atoms with Gasteiger partial charge in [0.25, 0.3) is 0 Å². The maximum Gasteiger partial charge on any atom is 0.217 e. The van der Waals surface area contributed by atoms with Crippen LogP contribution in [0.1, 0.15) is 13.8 Å². The first-order valence-corrected chi connectivity index (χ1v) is 30.1. The van der Waals surface area contributed by atoms with E-state index in [2.05, 4.69) is 10.6 Å². The van der Waals surface area contributed by atoms with Gasteiger partial charge in [0, 0.05) is 13.8 Å². The van der Waals surface area contributed by atoms with Crippen LogP contribution in [0.2, 0.25) is 0 Å². The highest BCUT2D eigenvalue weighted by molar-refractivity contribution is 5.73. The number of hydrogen-bond donors (Lipinski definition) is 26. The molecule has 0 unspecified atom stereocenters. The number of rotatable bonds is 24. The van der Waals surface area contributed by atoms with E-state index in [0.717, 1.165) is 13.8 Å². The van der Waals surface area contributed by atoms with Crippen LogP contribution >= 0.6 is 0 Å². The van der Waals surface area contributed by atoms with Crippen molar-refractivity contribution in [2.75, 3.05) is 52.9 Å². The summed E-state index contributed by atoms with van der Waals surface area (Å²) < 4.78 is 87.1. The van der Waals surface area contributed by atoms with Gasteiger partial charge in [0.15, 0.2) is 50.3 Å². The van der Waals surface area contributed by atoms with E-state index in [1.165, 1.54) is 0 Å². The first-order valence-electron chi connectivity index (χ1n) is 30.1. The average molecular weight is 1400 g/mol. The van der Waals surface area contributed by atoms with Crippen LogP contribution in [0, 0.1) is 0 Å². The molecule has 8 saturated heterocycles. The molecule has 26 N–H and O–H groups in total. The van der Waals surface area contributed by atoms with Gasteiger partial charge in [0.05, 0.1) is 52.9 Å². The van der Waals surface area contributed by atoms with E-state index in [9.17, 15) is 132 Å². The van der Waals surface area contributed by atoms with Crippen molar-refractivity contribution in [1.29, 1.82) is 0 Å². The Morgan fingerprint density at radius 3 is 0.968 bits per heavy atom. The zero-order valence-electron chi connectivity index (χ0n) is 50.4. The van der Waals surface area contributed by atoms with Gasteiger partial charge in [0.1, 0.15) is 195 Å². The number of nitrogens with one attached hydrogen (secondary N) is 2. The van der Waals surface area contributed by atoms with Gasteiger partial charge in [-0.1, -0.05) is 0 Å². The molecule has 8 heterocycles. The molecule has 8 fully saturated rings. The number of carbonyl (C=O) groups is 2. The molecule has 0 radical (unpaired) electrons. The highest BCUT2D eigenvalue weighted by Gasteiger charge is 2.60. The molecule has 95 heavy (non-hydrogen) atoms. The molecule has 0 bridgehead atoms. The second-order valence-corrected chi connectivity index (χ2v) is 23.9. The minimum Gasteiger partial charge on any atom is -0.394 e. The van der Waals surface area contributed by atoms with Gasteiger partial charge in [0.2, 0.25) is 11.8 Å². The lowest BCUT2D eigenvalue weighted by Gasteiger charge is -2.50. The second-order valence-electron chi connectivity index (χ2n) is 23.9. The summed E-state index contributed by atoms with van der Waals surface area (Å²) in [6.45, 7) is -6.45. The summed E-state index contributed by atoms with van der Waals surface area (Å²) in [6.07, 6.45) is -77.4. The molecule has 0 saturated carbocycles. The Morgan fingerprint density at radius 2 is 0.568 bits per heavy atom.